The lowest BCUT2D eigenvalue weighted by atomic mass is 10.2. The van der Waals surface area contributed by atoms with Crippen LogP contribution >= 0.6 is 0 Å². The fourth-order valence-corrected chi connectivity index (χ4v) is 2.47. The number of carbonyl (C=O) groups is 2. The largest absolute Gasteiger partial charge is 0.329 e. The van der Waals surface area contributed by atoms with Crippen molar-refractivity contribution in [2.45, 2.75) is 20.4 Å². The zero-order valence-electron chi connectivity index (χ0n) is 13.9. The van der Waals surface area contributed by atoms with Crippen LogP contribution in [0.3, 0.4) is 0 Å². The molecule has 0 fully saturated rings. The number of rotatable bonds is 6. The van der Waals surface area contributed by atoms with Gasteiger partial charge in [-0.2, -0.15) is 0 Å². The second-order valence-corrected chi connectivity index (χ2v) is 5.44. The number of halogens is 1. The molecule has 0 aromatic heterocycles. The molecule has 0 bridgehead atoms. The van der Waals surface area contributed by atoms with E-state index >= 15 is 0 Å². The first-order chi connectivity index (χ1) is 11.5. The van der Waals surface area contributed by atoms with E-state index in [-0.39, 0.29) is 30.7 Å². The van der Waals surface area contributed by atoms with Crippen molar-refractivity contribution in [3.05, 3.63) is 66.0 Å². The summed E-state index contributed by atoms with van der Waals surface area (Å²) in [7, 11) is 0. The fourth-order valence-electron chi connectivity index (χ4n) is 2.47. The summed E-state index contributed by atoms with van der Waals surface area (Å²) in [6.45, 7) is 3.73. The van der Waals surface area contributed by atoms with Crippen LogP contribution in [-0.2, 0) is 16.1 Å². The number of hydrogen-bond acceptors (Lipinski definition) is 2. The number of nitrogens with zero attached hydrogens (tertiary/aromatic N) is 2. The van der Waals surface area contributed by atoms with Gasteiger partial charge in [0.05, 0.1) is 0 Å². The van der Waals surface area contributed by atoms with Gasteiger partial charge in [-0.3, -0.25) is 9.59 Å². The molecule has 0 spiro atoms. The normalized spacial score (nSPS) is 10.3. The second-order valence-electron chi connectivity index (χ2n) is 5.44. The average Bonchev–Trinajstić information content (AvgIpc) is 2.57. The first-order valence-electron chi connectivity index (χ1n) is 7.87. The van der Waals surface area contributed by atoms with Crippen LogP contribution in [0, 0.1) is 5.82 Å². The summed E-state index contributed by atoms with van der Waals surface area (Å²) in [6, 6.07) is 15.5. The van der Waals surface area contributed by atoms with E-state index in [1.165, 1.54) is 17.9 Å². The fraction of sp³-hybridized carbons (Fsp3) is 0.263. The van der Waals surface area contributed by atoms with E-state index in [0.717, 1.165) is 5.69 Å². The summed E-state index contributed by atoms with van der Waals surface area (Å²) in [6.07, 6.45) is 0. The van der Waals surface area contributed by atoms with E-state index in [4.69, 9.17) is 0 Å². The molecular formula is C19H21FN2O2. The minimum atomic E-state index is -0.383. The minimum Gasteiger partial charge on any atom is -0.329 e. The zero-order valence-corrected chi connectivity index (χ0v) is 13.9. The molecule has 4 nitrogen and oxygen atoms in total. The Kier molecular flexibility index (Phi) is 6.07. The van der Waals surface area contributed by atoms with Crippen LogP contribution in [0.5, 0.6) is 0 Å². The van der Waals surface area contributed by atoms with Gasteiger partial charge in [-0.05, 0) is 25.1 Å². The first-order valence-corrected chi connectivity index (χ1v) is 7.87. The molecule has 0 saturated heterocycles. The molecule has 2 rings (SSSR count). The van der Waals surface area contributed by atoms with E-state index in [1.54, 1.807) is 23.1 Å². The molecule has 0 aliphatic carbocycles. The second kappa shape index (κ2) is 8.24. The Hall–Kier alpha value is -2.69. The average molecular weight is 328 g/mol. The molecular weight excluding hydrogens is 307 g/mol. The number of likely N-dealkylation sites (N-methyl/N-ethyl adjacent to an activating group) is 1. The number of amides is 2. The van der Waals surface area contributed by atoms with Gasteiger partial charge in [0.25, 0.3) is 0 Å². The number of carbonyl (C=O) groups excluding carboxylic acids is 2. The lowest BCUT2D eigenvalue weighted by Gasteiger charge is -2.26. The van der Waals surface area contributed by atoms with Crippen molar-refractivity contribution in [1.29, 1.82) is 0 Å². The van der Waals surface area contributed by atoms with Crippen LogP contribution in [-0.4, -0.2) is 29.8 Å². The lowest BCUT2D eigenvalue weighted by Crippen LogP contribution is -2.42. The summed E-state index contributed by atoms with van der Waals surface area (Å²) in [5, 5.41) is 0. The molecule has 126 valence electrons. The molecule has 2 amide bonds. The summed E-state index contributed by atoms with van der Waals surface area (Å²) in [5.74, 6) is -0.849. The SMILES string of the molecule is CCN(C(=O)CN(Cc1ccccc1F)C(C)=O)c1ccccc1. The predicted molar refractivity (Wildman–Crippen MR) is 92.0 cm³/mol. The molecule has 5 heteroatoms. The van der Waals surface area contributed by atoms with E-state index in [1.807, 2.05) is 37.3 Å². The molecule has 0 N–H and O–H groups in total. The van der Waals surface area contributed by atoms with Gasteiger partial charge in [0.15, 0.2) is 0 Å². The van der Waals surface area contributed by atoms with Crippen LogP contribution in [0.25, 0.3) is 0 Å². The van der Waals surface area contributed by atoms with Crippen molar-refractivity contribution in [2.24, 2.45) is 0 Å². The minimum absolute atomic E-state index is 0.0695. The van der Waals surface area contributed by atoms with Crippen molar-refractivity contribution in [2.75, 3.05) is 18.0 Å². The molecule has 0 unspecified atom stereocenters. The van der Waals surface area contributed by atoms with E-state index < -0.39 is 0 Å². The highest BCUT2D eigenvalue weighted by Gasteiger charge is 2.20. The maximum Gasteiger partial charge on any atom is 0.246 e. The van der Waals surface area contributed by atoms with Gasteiger partial charge in [-0.1, -0.05) is 36.4 Å². The molecule has 2 aromatic rings. The molecule has 0 radical (unpaired) electrons. The lowest BCUT2D eigenvalue weighted by molar-refractivity contribution is -0.134. The van der Waals surface area contributed by atoms with Gasteiger partial charge in [0.1, 0.15) is 12.4 Å². The Bertz CT molecular complexity index is 704. The van der Waals surface area contributed by atoms with E-state index in [9.17, 15) is 14.0 Å². The Labute approximate surface area is 141 Å². The van der Waals surface area contributed by atoms with Gasteiger partial charge < -0.3 is 9.80 Å². The van der Waals surface area contributed by atoms with Crippen LogP contribution in [0.15, 0.2) is 54.6 Å². The predicted octanol–water partition coefficient (Wildman–Crippen LogP) is 3.23. The van der Waals surface area contributed by atoms with Gasteiger partial charge in [0, 0.05) is 31.3 Å². The summed E-state index contributed by atoms with van der Waals surface area (Å²) in [4.78, 5) is 27.4. The van der Waals surface area contributed by atoms with Gasteiger partial charge in [-0.25, -0.2) is 4.39 Å². The van der Waals surface area contributed by atoms with Crippen LogP contribution in [0.2, 0.25) is 0 Å². The Balaban J connectivity index is 2.13. The number of benzene rings is 2. The standard InChI is InChI=1S/C19H21FN2O2/c1-3-22(17-10-5-4-6-11-17)19(24)14-21(15(2)23)13-16-9-7-8-12-18(16)20/h4-12H,3,13-14H2,1-2H3. The molecule has 24 heavy (non-hydrogen) atoms. The third-order valence-electron chi connectivity index (χ3n) is 3.78. The third-order valence-corrected chi connectivity index (χ3v) is 3.78. The molecule has 2 aromatic carbocycles. The van der Waals surface area contributed by atoms with Gasteiger partial charge >= 0.3 is 0 Å². The van der Waals surface area contributed by atoms with Crippen LogP contribution in [0.4, 0.5) is 10.1 Å². The third kappa shape index (κ3) is 4.41. The molecule has 0 heterocycles. The van der Waals surface area contributed by atoms with Crippen molar-refractivity contribution in [3.8, 4) is 0 Å². The topological polar surface area (TPSA) is 40.6 Å². The summed E-state index contributed by atoms with van der Waals surface area (Å²) >= 11 is 0. The van der Waals surface area contributed by atoms with Crippen LogP contribution < -0.4 is 4.90 Å². The van der Waals surface area contributed by atoms with E-state index in [2.05, 4.69) is 0 Å². The molecule has 0 aliphatic rings. The van der Waals surface area contributed by atoms with Gasteiger partial charge in [-0.15, -0.1) is 0 Å². The number of anilines is 1. The van der Waals surface area contributed by atoms with Crippen molar-refractivity contribution in [1.82, 2.24) is 4.90 Å². The molecule has 0 aliphatic heterocycles. The summed E-state index contributed by atoms with van der Waals surface area (Å²) < 4.78 is 13.8. The smallest absolute Gasteiger partial charge is 0.246 e. The Morgan fingerprint density at radius 2 is 1.62 bits per heavy atom. The van der Waals surface area contributed by atoms with E-state index in [0.29, 0.717) is 12.1 Å². The summed E-state index contributed by atoms with van der Waals surface area (Å²) in [5.41, 5.74) is 1.17. The zero-order chi connectivity index (χ0) is 17.5. The van der Waals surface area contributed by atoms with Crippen molar-refractivity contribution < 1.29 is 14.0 Å². The molecule has 0 atom stereocenters. The Morgan fingerprint density at radius 1 is 1.00 bits per heavy atom. The monoisotopic (exact) mass is 328 g/mol. The highest BCUT2D eigenvalue weighted by atomic mass is 19.1. The first kappa shape index (κ1) is 17.7. The highest BCUT2D eigenvalue weighted by molar-refractivity contribution is 5.96. The van der Waals surface area contributed by atoms with Crippen LogP contribution in [0.1, 0.15) is 19.4 Å². The number of para-hydroxylation sites is 1. The maximum atomic E-state index is 13.8. The quantitative estimate of drug-likeness (QED) is 0.817. The highest BCUT2D eigenvalue weighted by Crippen LogP contribution is 2.15. The maximum absolute atomic E-state index is 13.8. The number of hydrogen-bond donors (Lipinski definition) is 0. The molecule has 0 saturated carbocycles. The van der Waals surface area contributed by atoms with Gasteiger partial charge in [0.2, 0.25) is 11.8 Å². The van der Waals surface area contributed by atoms with Crippen molar-refractivity contribution in [3.63, 3.8) is 0 Å². The Morgan fingerprint density at radius 3 is 2.21 bits per heavy atom. The van der Waals surface area contributed by atoms with Crippen molar-refractivity contribution >= 4 is 17.5 Å².